The molecule has 2 aromatic carbocycles. The Kier molecular flexibility index (Phi) is 6.47. The van der Waals surface area contributed by atoms with Gasteiger partial charge in [0.25, 0.3) is 5.56 Å². The molecule has 2 N–H and O–H groups in total. The van der Waals surface area contributed by atoms with E-state index in [1.807, 2.05) is 39.0 Å². The Bertz CT molecular complexity index is 1380. The first-order chi connectivity index (χ1) is 15.8. The fraction of sp³-hybridized carbons (Fsp3) is 0.240. The van der Waals surface area contributed by atoms with E-state index in [0.717, 1.165) is 40.2 Å². The van der Waals surface area contributed by atoms with Gasteiger partial charge in [-0.2, -0.15) is 0 Å². The molecular formula is C25H25F2N3O2S. The molecule has 0 aliphatic carbocycles. The van der Waals surface area contributed by atoms with Crippen molar-refractivity contribution in [1.82, 2.24) is 9.55 Å². The van der Waals surface area contributed by atoms with Crippen LogP contribution in [0.15, 0.2) is 53.5 Å². The Morgan fingerprint density at radius 3 is 2.55 bits per heavy atom. The van der Waals surface area contributed by atoms with Gasteiger partial charge in [0, 0.05) is 53.0 Å². The second-order valence-corrected chi connectivity index (χ2v) is 9.12. The van der Waals surface area contributed by atoms with Crippen LogP contribution in [0.1, 0.15) is 32.4 Å². The first-order valence-electron chi connectivity index (χ1n) is 10.7. The predicted octanol–water partition coefficient (Wildman–Crippen LogP) is 6.81. The summed E-state index contributed by atoms with van der Waals surface area (Å²) < 4.78 is 38.4. The first-order valence-corrected chi connectivity index (χ1v) is 11.6. The van der Waals surface area contributed by atoms with E-state index in [-0.39, 0.29) is 17.2 Å². The Morgan fingerprint density at radius 1 is 1.09 bits per heavy atom. The summed E-state index contributed by atoms with van der Waals surface area (Å²) in [4.78, 5) is 16.1. The van der Waals surface area contributed by atoms with Crippen LogP contribution in [0.25, 0.3) is 22.0 Å². The molecule has 0 atom stereocenters. The molecule has 172 valence electrons. The highest BCUT2D eigenvalue weighted by atomic mass is 32.2. The van der Waals surface area contributed by atoms with Crippen LogP contribution in [0.4, 0.5) is 14.5 Å². The second kappa shape index (κ2) is 9.31. The molecule has 0 fully saturated rings. The van der Waals surface area contributed by atoms with Crippen molar-refractivity contribution < 1.29 is 13.5 Å². The van der Waals surface area contributed by atoms with E-state index in [1.165, 1.54) is 10.6 Å². The molecule has 4 aromatic rings. The molecular weight excluding hydrogens is 444 g/mol. The smallest absolute Gasteiger partial charge is 0.274 e. The van der Waals surface area contributed by atoms with Crippen LogP contribution in [-0.2, 0) is 7.05 Å². The minimum atomic E-state index is -0.793. The highest BCUT2D eigenvalue weighted by molar-refractivity contribution is 8.00. The third kappa shape index (κ3) is 4.61. The van der Waals surface area contributed by atoms with Gasteiger partial charge in [-0.25, -0.2) is 8.78 Å². The number of hydrogen-bond donors (Lipinski definition) is 2. The van der Waals surface area contributed by atoms with Crippen molar-refractivity contribution >= 4 is 28.5 Å². The van der Waals surface area contributed by atoms with Crippen molar-refractivity contribution in [2.24, 2.45) is 7.05 Å². The number of anilines is 1. The van der Waals surface area contributed by atoms with Crippen LogP contribution in [0.3, 0.4) is 0 Å². The Morgan fingerprint density at radius 2 is 1.85 bits per heavy atom. The maximum Gasteiger partial charge on any atom is 0.274 e. The van der Waals surface area contributed by atoms with Gasteiger partial charge in [0.05, 0.1) is 0 Å². The largest absolute Gasteiger partial charge is 0.454 e. The van der Waals surface area contributed by atoms with E-state index in [9.17, 15) is 13.6 Å². The Hall–Kier alpha value is -3.26. The number of aryl methyl sites for hydroxylation is 1. The summed E-state index contributed by atoms with van der Waals surface area (Å²) in [6, 6.07) is 10.6. The van der Waals surface area contributed by atoms with Crippen molar-refractivity contribution in [2.75, 3.05) is 10.5 Å². The number of nitrogens with zero attached hydrogens (tertiary/aromatic N) is 1. The number of aromatic nitrogens is 2. The molecule has 8 heteroatoms. The van der Waals surface area contributed by atoms with Crippen LogP contribution in [0.5, 0.6) is 11.5 Å². The van der Waals surface area contributed by atoms with Crippen molar-refractivity contribution in [1.29, 1.82) is 0 Å². The van der Waals surface area contributed by atoms with Crippen molar-refractivity contribution in [3.05, 3.63) is 76.3 Å². The number of pyridine rings is 1. The normalized spacial score (nSPS) is 11.4. The fourth-order valence-corrected chi connectivity index (χ4v) is 4.04. The maximum atomic E-state index is 14.3. The number of ether oxygens (including phenoxy) is 1. The molecule has 33 heavy (non-hydrogen) atoms. The minimum Gasteiger partial charge on any atom is -0.454 e. The monoisotopic (exact) mass is 469 g/mol. The molecule has 5 nitrogen and oxygen atoms in total. The summed E-state index contributed by atoms with van der Waals surface area (Å²) in [5, 5.41) is 0.756. The molecule has 0 saturated carbocycles. The third-order valence-electron chi connectivity index (χ3n) is 5.33. The number of nitrogens with one attached hydrogen (secondary N) is 2. The summed E-state index contributed by atoms with van der Waals surface area (Å²) in [7, 11) is 1.69. The van der Waals surface area contributed by atoms with Crippen molar-refractivity contribution in [3.63, 3.8) is 0 Å². The van der Waals surface area contributed by atoms with E-state index in [4.69, 9.17) is 4.74 Å². The maximum absolute atomic E-state index is 14.3. The van der Waals surface area contributed by atoms with Crippen LogP contribution in [0.2, 0.25) is 0 Å². The van der Waals surface area contributed by atoms with Crippen LogP contribution >= 0.6 is 11.9 Å². The number of aromatic amines is 1. The lowest BCUT2D eigenvalue weighted by Gasteiger charge is -2.16. The van der Waals surface area contributed by atoms with Gasteiger partial charge < -0.3 is 19.0 Å². The van der Waals surface area contributed by atoms with Gasteiger partial charge in [-0.3, -0.25) is 4.79 Å². The molecule has 0 bridgehead atoms. The fourth-order valence-electron chi connectivity index (χ4n) is 3.61. The molecule has 0 aliphatic rings. The number of hydrogen-bond acceptors (Lipinski definition) is 4. The van der Waals surface area contributed by atoms with Crippen molar-refractivity contribution in [2.45, 2.75) is 26.7 Å². The van der Waals surface area contributed by atoms with Crippen LogP contribution < -0.4 is 15.0 Å². The van der Waals surface area contributed by atoms with Gasteiger partial charge in [0.2, 0.25) is 0 Å². The standard InChI is InChI=1S/C25H25F2N3O2S/c1-5-33-29-16-7-9-22(32-23-8-6-15(26)10-20(23)27)17(11-16)19-13-30(4)25(31)24-18(19)12-21(28-24)14(2)3/h6-14,28-29H,5H2,1-4H3. The van der Waals surface area contributed by atoms with Gasteiger partial charge >= 0.3 is 0 Å². The molecule has 0 spiro atoms. The van der Waals surface area contributed by atoms with Gasteiger partial charge in [-0.1, -0.05) is 32.7 Å². The van der Waals surface area contributed by atoms with Gasteiger partial charge in [0.15, 0.2) is 11.6 Å². The predicted molar refractivity (Wildman–Crippen MR) is 131 cm³/mol. The molecule has 2 heterocycles. The number of fused-ring (bicyclic) bond motifs is 1. The van der Waals surface area contributed by atoms with E-state index in [2.05, 4.69) is 9.71 Å². The quantitative estimate of drug-likeness (QED) is 0.292. The van der Waals surface area contributed by atoms with E-state index in [0.29, 0.717) is 16.8 Å². The molecule has 2 aromatic heterocycles. The molecule has 0 amide bonds. The van der Waals surface area contributed by atoms with Gasteiger partial charge in [-0.15, -0.1) is 0 Å². The number of rotatable bonds is 7. The number of H-pyrrole nitrogens is 1. The second-order valence-electron chi connectivity index (χ2n) is 8.05. The summed E-state index contributed by atoms with van der Waals surface area (Å²) in [6.07, 6.45) is 1.75. The molecule has 0 aliphatic heterocycles. The average molecular weight is 470 g/mol. The summed E-state index contributed by atoms with van der Waals surface area (Å²) in [5.41, 5.74) is 3.58. The molecule has 4 rings (SSSR count). The van der Waals surface area contributed by atoms with Crippen LogP contribution in [0, 0.1) is 11.6 Å². The lowest BCUT2D eigenvalue weighted by molar-refractivity contribution is 0.439. The number of halogens is 2. The Labute approximate surface area is 194 Å². The van der Waals surface area contributed by atoms with Gasteiger partial charge in [0.1, 0.15) is 17.1 Å². The SMILES string of the molecule is CCSNc1ccc(Oc2ccc(F)cc2F)c(-c2cn(C)c(=O)c3[nH]c(C(C)C)cc23)c1. The average Bonchev–Trinajstić information content (AvgIpc) is 3.23. The lowest BCUT2D eigenvalue weighted by Crippen LogP contribution is -2.16. The summed E-state index contributed by atoms with van der Waals surface area (Å²) >= 11 is 1.54. The summed E-state index contributed by atoms with van der Waals surface area (Å²) in [5.74, 6) is -0.0933. The topological polar surface area (TPSA) is 59.0 Å². The molecule has 0 radical (unpaired) electrons. The van der Waals surface area contributed by atoms with E-state index in [1.54, 1.807) is 31.3 Å². The zero-order chi connectivity index (χ0) is 23.7. The van der Waals surface area contributed by atoms with E-state index < -0.39 is 11.6 Å². The van der Waals surface area contributed by atoms with Crippen LogP contribution in [-0.4, -0.2) is 15.3 Å². The molecule has 0 saturated heterocycles. The zero-order valence-corrected chi connectivity index (χ0v) is 19.6. The minimum absolute atomic E-state index is 0.0840. The zero-order valence-electron chi connectivity index (χ0n) is 18.8. The van der Waals surface area contributed by atoms with E-state index >= 15 is 0 Å². The summed E-state index contributed by atoms with van der Waals surface area (Å²) in [6.45, 7) is 6.14. The van der Waals surface area contributed by atoms with Crippen molar-refractivity contribution in [3.8, 4) is 22.6 Å². The molecule has 0 unspecified atom stereocenters. The van der Waals surface area contributed by atoms with Gasteiger partial charge in [-0.05, 0) is 42.3 Å². The third-order valence-corrected chi connectivity index (χ3v) is 5.99. The lowest BCUT2D eigenvalue weighted by atomic mass is 10.0. The highest BCUT2D eigenvalue weighted by Gasteiger charge is 2.18. The Balaban J connectivity index is 1.93. The highest BCUT2D eigenvalue weighted by Crippen LogP contribution is 2.40. The first kappa shape index (κ1) is 22.9. The number of benzene rings is 2.